The molecule has 0 aromatic heterocycles. The van der Waals surface area contributed by atoms with E-state index in [9.17, 15) is 14.7 Å². The molecule has 0 aliphatic heterocycles. The van der Waals surface area contributed by atoms with Gasteiger partial charge in [-0.05, 0) is 18.6 Å². The molecule has 1 aliphatic carbocycles. The molecule has 1 saturated carbocycles. The van der Waals surface area contributed by atoms with E-state index >= 15 is 0 Å². The van der Waals surface area contributed by atoms with Crippen LogP contribution in [0, 0.1) is 17.3 Å². The second kappa shape index (κ2) is 5.48. The molecule has 0 heterocycles. The van der Waals surface area contributed by atoms with Crippen molar-refractivity contribution in [1.82, 2.24) is 0 Å². The third-order valence-corrected chi connectivity index (χ3v) is 4.61. The fraction of sp³-hybridized carbons (Fsp3) is 0.833. The normalized spacial score (nSPS) is 28.3. The van der Waals surface area contributed by atoms with Gasteiger partial charge in [-0.15, -0.1) is 11.8 Å². The van der Waals surface area contributed by atoms with Crippen molar-refractivity contribution < 1.29 is 24.5 Å². The van der Waals surface area contributed by atoms with E-state index in [0.717, 1.165) is 0 Å². The van der Waals surface area contributed by atoms with Crippen molar-refractivity contribution in [2.75, 3.05) is 12.9 Å². The average molecular weight is 276 g/mol. The van der Waals surface area contributed by atoms with Crippen LogP contribution in [-0.4, -0.2) is 46.4 Å². The molecule has 104 valence electrons. The van der Waals surface area contributed by atoms with Gasteiger partial charge in [0.25, 0.3) is 0 Å². The summed E-state index contributed by atoms with van der Waals surface area (Å²) in [5, 5.41) is 18.6. The van der Waals surface area contributed by atoms with E-state index in [4.69, 9.17) is 9.84 Å². The number of hydrogen-bond donors (Lipinski definition) is 2. The number of carbonyl (C=O) groups is 2. The maximum Gasteiger partial charge on any atom is 0.321 e. The van der Waals surface area contributed by atoms with Crippen LogP contribution in [0.25, 0.3) is 0 Å². The monoisotopic (exact) mass is 276 g/mol. The summed E-state index contributed by atoms with van der Waals surface area (Å²) in [7, 11) is 0. The van der Waals surface area contributed by atoms with E-state index in [1.54, 1.807) is 27.0 Å². The maximum atomic E-state index is 11.7. The predicted molar refractivity (Wildman–Crippen MR) is 68.3 cm³/mol. The van der Waals surface area contributed by atoms with Gasteiger partial charge in [-0.25, -0.2) is 0 Å². The third-order valence-electron chi connectivity index (χ3n) is 3.63. The quantitative estimate of drug-likeness (QED) is 0.704. The Morgan fingerprint density at radius 3 is 2.33 bits per heavy atom. The van der Waals surface area contributed by atoms with Gasteiger partial charge in [0.2, 0.25) is 0 Å². The molecule has 1 rings (SSSR count). The number of carboxylic acids is 1. The van der Waals surface area contributed by atoms with Crippen molar-refractivity contribution in [2.45, 2.75) is 32.1 Å². The van der Waals surface area contributed by atoms with Gasteiger partial charge in [0.05, 0.1) is 18.6 Å². The molecule has 0 amide bonds. The molecule has 5 nitrogen and oxygen atoms in total. The number of carbonyl (C=O) groups excluding carboxylic acids is 1. The van der Waals surface area contributed by atoms with Crippen LogP contribution >= 0.6 is 11.8 Å². The molecule has 2 unspecified atom stereocenters. The number of rotatable bonds is 6. The van der Waals surface area contributed by atoms with E-state index in [1.165, 1.54) is 11.8 Å². The minimum atomic E-state index is -0.991. The summed E-state index contributed by atoms with van der Waals surface area (Å²) in [5.74, 6) is -2.41. The molecule has 2 N–H and O–H groups in total. The summed E-state index contributed by atoms with van der Waals surface area (Å²) >= 11 is 1.19. The first kappa shape index (κ1) is 15.3. The summed E-state index contributed by atoms with van der Waals surface area (Å²) < 4.78 is 4.89. The van der Waals surface area contributed by atoms with Gasteiger partial charge in [0.1, 0.15) is 5.25 Å². The van der Waals surface area contributed by atoms with E-state index in [2.05, 4.69) is 0 Å². The second-order valence-corrected chi connectivity index (χ2v) is 6.04. The predicted octanol–water partition coefficient (Wildman–Crippen LogP) is 0.999. The first-order chi connectivity index (χ1) is 8.28. The van der Waals surface area contributed by atoms with E-state index in [1.807, 2.05) is 0 Å². The Balaban J connectivity index is 2.78. The second-order valence-electron chi connectivity index (χ2n) is 5.06. The van der Waals surface area contributed by atoms with Crippen LogP contribution < -0.4 is 0 Å². The zero-order valence-corrected chi connectivity index (χ0v) is 11.9. The van der Waals surface area contributed by atoms with Gasteiger partial charge in [-0.3, -0.25) is 9.59 Å². The van der Waals surface area contributed by atoms with Crippen LogP contribution in [0.2, 0.25) is 0 Å². The highest BCUT2D eigenvalue weighted by atomic mass is 32.2. The zero-order valence-electron chi connectivity index (χ0n) is 11.0. The topological polar surface area (TPSA) is 83.8 Å². The molecule has 0 aromatic carbocycles. The van der Waals surface area contributed by atoms with Crippen molar-refractivity contribution in [2.24, 2.45) is 17.3 Å². The molecule has 0 aromatic rings. The SMILES string of the molecule is CCOC(=O)C(SC)C(O)[C@H]1[C@@H](C(=O)O)C1(C)C. The lowest BCUT2D eigenvalue weighted by Crippen LogP contribution is -2.35. The van der Waals surface area contributed by atoms with Crippen molar-refractivity contribution in [3.63, 3.8) is 0 Å². The molecular formula is C12H20O5S. The summed E-state index contributed by atoms with van der Waals surface area (Å²) in [6.45, 7) is 5.53. The third kappa shape index (κ3) is 2.64. The van der Waals surface area contributed by atoms with Crippen LogP contribution in [0.1, 0.15) is 20.8 Å². The highest BCUT2D eigenvalue weighted by molar-refractivity contribution is 7.99. The number of hydrogen-bond acceptors (Lipinski definition) is 5. The summed E-state index contributed by atoms with van der Waals surface area (Å²) in [6.07, 6.45) is 0.714. The Kier molecular flexibility index (Phi) is 4.66. The summed E-state index contributed by atoms with van der Waals surface area (Å²) in [5.41, 5.74) is -0.480. The molecule has 6 heteroatoms. The largest absolute Gasteiger partial charge is 0.481 e. The fourth-order valence-corrected chi connectivity index (χ4v) is 3.28. The Labute approximate surface area is 111 Å². The number of aliphatic hydroxyl groups is 1. The van der Waals surface area contributed by atoms with Crippen LogP contribution in [0.5, 0.6) is 0 Å². The smallest absolute Gasteiger partial charge is 0.321 e. The average Bonchev–Trinajstić information content (AvgIpc) is 2.83. The maximum absolute atomic E-state index is 11.7. The Morgan fingerprint density at radius 2 is 2.00 bits per heavy atom. The lowest BCUT2D eigenvalue weighted by atomic mass is 10.0. The van der Waals surface area contributed by atoms with Crippen molar-refractivity contribution >= 4 is 23.7 Å². The summed E-state index contributed by atoms with van der Waals surface area (Å²) in [4.78, 5) is 22.7. The van der Waals surface area contributed by atoms with Crippen molar-refractivity contribution in [3.05, 3.63) is 0 Å². The van der Waals surface area contributed by atoms with Gasteiger partial charge >= 0.3 is 11.9 Å². The standard InChI is InChI=1S/C12H20O5S/c1-5-17-11(16)9(18-4)8(13)6-7(10(14)15)12(6,2)3/h6-9,13H,5H2,1-4H3,(H,14,15)/t6-,7+,8?,9?/m1/s1. The lowest BCUT2D eigenvalue weighted by molar-refractivity contribution is -0.145. The Morgan fingerprint density at radius 1 is 1.44 bits per heavy atom. The first-order valence-electron chi connectivity index (χ1n) is 5.89. The van der Waals surface area contributed by atoms with Gasteiger partial charge in [0, 0.05) is 5.92 Å². The van der Waals surface area contributed by atoms with Gasteiger partial charge in [0.15, 0.2) is 0 Å². The Bertz CT molecular complexity index is 341. The molecule has 18 heavy (non-hydrogen) atoms. The van der Waals surface area contributed by atoms with Crippen molar-refractivity contribution in [3.8, 4) is 0 Å². The van der Waals surface area contributed by atoms with Crippen molar-refractivity contribution in [1.29, 1.82) is 0 Å². The Hall–Kier alpha value is -0.750. The number of esters is 1. The molecule has 0 bridgehead atoms. The zero-order chi connectivity index (χ0) is 14.1. The molecule has 4 atom stereocenters. The van der Waals surface area contributed by atoms with E-state index in [-0.39, 0.29) is 6.61 Å². The number of thioether (sulfide) groups is 1. The number of aliphatic carboxylic acids is 1. The first-order valence-corrected chi connectivity index (χ1v) is 7.18. The van der Waals surface area contributed by atoms with E-state index < -0.39 is 40.5 Å². The number of aliphatic hydroxyl groups excluding tert-OH is 1. The van der Waals surface area contributed by atoms with Crippen LogP contribution in [0.3, 0.4) is 0 Å². The number of carboxylic acid groups (broad SMARTS) is 1. The van der Waals surface area contributed by atoms with E-state index in [0.29, 0.717) is 0 Å². The minimum Gasteiger partial charge on any atom is -0.481 e. The molecule has 1 aliphatic rings. The van der Waals surface area contributed by atoms with Crippen LogP contribution in [0.4, 0.5) is 0 Å². The lowest BCUT2D eigenvalue weighted by Gasteiger charge is -2.20. The number of ether oxygens (including phenoxy) is 1. The molecule has 0 spiro atoms. The minimum absolute atomic E-state index is 0.249. The highest BCUT2D eigenvalue weighted by Crippen LogP contribution is 2.61. The van der Waals surface area contributed by atoms with Crippen LogP contribution in [0.15, 0.2) is 0 Å². The fourth-order valence-electron chi connectivity index (χ4n) is 2.57. The molecule has 0 radical (unpaired) electrons. The van der Waals surface area contributed by atoms with Crippen LogP contribution in [-0.2, 0) is 14.3 Å². The van der Waals surface area contributed by atoms with Gasteiger partial charge < -0.3 is 14.9 Å². The summed E-state index contributed by atoms with van der Waals surface area (Å²) in [6, 6.07) is 0. The molecule has 0 saturated heterocycles. The molecular weight excluding hydrogens is 256 g/mol. The van der Waals surface area contributed by atoms with Gasteiger partial charge in [-0.2, -0.15) is 0 Å². The highest BCUT2D eigenvalue weighted by Gasteiger charge is 2.66. The molecule has 1 fully saturated rings. The van der Waals surface area contributed by atoms with Gasteiger partial charge in [-0.1, -0.05) is 13.8 Å².